The van der Waals surface area contributed by atoms with Crippen LogP contribution in [0.25, 0.3) is 0 Å². The second kappa shape index (κ2) is 12.5. The quantitative estimate of drug-likeness (QED) is 0.428. The molecule has 2 saturated heterocycles. The van der Waals surface area contributed by atoms with Gasteiger partial charge in [-0.1, -0.05) is 36.4 Å². The predicted octanol–water partition coefficient (Wildman–Crippen LogP) is 2.76. The number of benzene rings is 3. The Labute approximate surface area is 243 Å². The highest BCUT2D eigenvalue weighted by molar-refractivity contribution is 5.91. The van der Waals surface area contributed by atoms with Crippen molar-refractivity contribution in [3.8, 4) is 11.5 Å². The van der Waals surface area contributed by atoms with Gasteiger partial charge in [0.15, 0.2) is 0 Å². The molecular formula is C31H34FN5O5. The number of hydrogen-bond acceptors (Lipinski definition) is 6. The van der Waals surface area contributed by atoms with Crippen LogP contribution in [0.15, 0.2) is 72.8 Å². The minimum absolute atomic E-state index is 0.0681. The Bertz CT molecular complexity index is 1420. The van der Waals surface area contributed by atoms with Gasteiger partial charge in [-0.25, -0.2) is 19.2 Å². The summed E-state index contributed by atoms with van der Waals surface area (Å²) in [5.74, 6) is -0.00225. The lowest BCUT2D eigenvalue weighted by Crippen LogP contribution is -2.76. The van der Waals surface area contributed by atoms with E-state index in [0.29, 0.717) is 18.7 Å². The molecule has 0 bridgehead atoms. The lowest BCUT2D eigenvalue weighted by Gasteiger charge is -2.54. The number of halogens is 1. The van der Waals surface area contributed by atoms with E-state index in [9.17, 15) is 23.9 Å². The molecule has 0 spiro atoms. The zero-order valence-corrected chi connectivity index (χ0v) is 23.6. The van der Waals surface area contributed by atoms with Gasteiger partial charge in [-0.05, 0) is 59.5 Å². The molecule has 2 aliphatic rings. The third-order valence-electron chi connectivity index (χ3n) is 7.70. The first-order valence-corrected chi connectivity index (χ1v) is 13.8. The topological polar surface area (TPSA) is 106 Å². The Morgan fingerprint density at radius 3 is 2.29 bits per heavy atom. The average Bonchev–Trinajstić information content (AvgIpc) is 2.98. The smallest absolute Gasteiger partial charge is 0.334 e. The van der Waals surface area contributed by atoms with Crippen molar-refractivity contribution in [1.82, 2.24) is 25.1 Å². The summed E-state index contributed by atoms with van der Waals surface area (Å²) in [6.45, 7) is 0.650. The minimum atomic E-state index is -0.848. The number of amides is 4. The van der Waals surface area contributed by atoms with E-state index in [4.69, 9.17) is 4.74 Å². The molecule has 3 aromatic carbocycles. The number of ether oxygens (including phenoxy) is 1. The van der Waals surface area contributed by atoms with Gasteiger partial charge < -0.3 is 25.0 Å². The van der Waals surface area contributed by atoms with Crippen LogP contribution >= 0.6 is 0 Å². The van der Waals surface area contributed by atoms with Gasteiger partial charge in [0, 0.05) is 26.6 Å². The molecule has 3 aromatic rings. The lowest BCUT2D eigenvalue weighted by atomic mass is 9.98. The van der Waals surface area contributed by atoms with Crippen molar-refractivity contribution < 1.29 is 28.6 Å². The minimum Gasteiger partial charge on any atom is -0.508 e. The second-order valence-electron chi connectivity index (χ2n) is 10.5. The molecular weight excluding hydrogens is 541 g/mol. The number of rotatable bonds is 8. The predicted molar refractivity (Wildman–Crippen MR) is 153 cm³/mol. The van der Waals surface area contributed by atoms with Gasteiger partial charge in [-0.15, -0.1) is 0 Å². The molecule has 0 aromatic heterocycles. The van der Waals surface area contributed by atoms with Crippen LogP contribution < -0.4 is 10.1 Å². The van der Waals surface area contributed by atoms with E-state index in [0.717, 1.165) is 16.7 Å². The van der Waals surface area contributed by atoms with Crippen LogP contribution in [0.5, 0.6) is 11.5 Å². The summed E-state index contributed by atoms with van der Waals surface area (Å²) >= 11 is 0. The Morgan fingerprint density at radius 2 is 1.62 bits per heavy atom. The Balaban J connectivity index is 1.40. The summed E-state index contributed by atoms with van der Waals surface area (Å²) in [5.41, 5.74) is 2.52. The molecule has 0 radical (unpaired) electrons. The summed E-state index contributed by atoms with van der Waals surface area (Å²) < 4.78 is 18.6. The summed E-state index contributed by atoms with van der Waals surface area (Å²) in [6.07, 6.45) is -0.0301. The standard InChI is InChI=1S/C31H34FN5O5/c1-34-20-29(39)36-27(17-22-5-11-25(38)12-6-22)30(40)35(16-15-21-3-9-24(32)10-4-21)19-28(36)37(34)31(41)33-18-23-7-13-26(42-2)14-8-23/h3-14,27-28,38H,15-20H2,1-2H3,(H,33,41)/t27-,28-/m0/s1. The largest absolute Gasteiger partial charge is 0.508 e. The number of piperazine rings is 1. The van der Waals surface area contributed by atoms with Crippen molar-refractivity contribution in [2.45, 2.75) is 31.6 Å². The number of hydrogen-bond donors (Lipinski definition) is 2. The lowest BCUT2D eigenvalue weighted by molar-refractivity contribution is -0.186. The summed E-state index contributed by atoms with van der Waals surface area (Å²) in [4.78, 5) is 44.1. The first kappa shape index (κ1) is 28.9. The highest BCUT2D eigenvalue weighted by Crippen LogP contribution is 2.28. The van der Waals surface area contributed by atoms with Gasteiger partial charge >= 0.3 is 6.03 Å². The van der Waals surface area contributed by atoms with Gasteiger partial charge in [0.05, 0.1) is 20.2 Å². The van der Waals surface area contributed by atoms with Gasteiger partial charge in [-0.2, -0.15) is 0 Å². The van der Waals surface area contributed by atoms with E-state index >= 15 is 0 Å². The molecule has 220 valence electrons. The Morgan fingerprint density at radius 1 is 0.976 bits per heavy atom. The first-order valence-electron chi connectivity index (χ1n) is 13.8. The van der Waals surface area contributed by atoms with Crippen molar-refractivity contribution in [3.05, 3.63) is 95.3 Å². The number of likely N-dealkylation sites (N-methyl/N-ethyl adjacent to an activating group) is 1. The number of carbonyl (C=O) groups is 3. The highest BCUT2D eigenvalue weighted by Gasteiger charge is 2.50. The number of carbonyl (C=O) groups excluding carboxylic acids is 3. The van der Waals surface area contributed by atoms with E-state index in [-0.39, 0.29) is 49.4 Å². The summed E-state index contributed by atoms with van der Waals surface area (Å²) in [7, 11) is 3.26. The van der Waals surface area contributed by atoms with Gasteiger partial charge in [0.25, 0.3) is 0 Å². The maximum absolute atomic E-state index is 13.9. The zero-order chi connectivity index (χ0) is 29.8. The van der Waals surface area contributed by atoms with Crippen LogP contribution in [-0.2, 0) is 29.0 Å². The number of urea groups is 1. The number of aromatic hydroxyl groups is 1. The van der Waals surface area contributed by atoms with E-state index in [2.05, 4.69) is 5.32 Å². The van der Waals surface area contributed by atoms with E-state index in [1.807, 2.05) is 24.3 Å². The van der Waals surface area contributed by atoms with E-state index < -0.39 is 18.2 Å². The van der Waals surface area contributed by atoms with Crippen LogP contribution in [0.3, 0.4) is 0 Å². The number of phenolic OH excluding ortho intramolecular Hbond substituents is 1. The molecule has 2 N–H and O–H groups in total. The van der Waals surface area contributed by atoms with Crippen molar-refractivity contribution >= 4 is 17.8 Å². The molecule has 2 aliphatic heterocycles. The molecule has 4 amide bonds. The molecule has 42 heavy (non-hydrogen) atoms. The third kappa shape index (κ3) is 6.31. The molecule has 0 saturated carbocycles. The van der Waals surface area contributed by atoms with Crippen LogP contribution in [0.1, 0.15) is 16.7 Å². The van der Waals surface area contributed by atoms with Gasteiger partial charge in [0.1, 0.15) is 29.5 Å². The number of hydrazine groups is 1. The van der Waals surface area contributed by atoms with Gasteiger partial charge in [0.2, 0.25) is 11.8 Å². The third-order valence-corrected chi connectivity index (χ3v) is 7.70. The van der Waals surface area contributed by atoms with Crippen molar-refractivity contribution in [2.75, 3.05) is 33.8 Å². The van der Waals surface area contributed by atoms with Crippen molar-refractivity contribution in [1.29, 1.82) is 0 Å². The number of phenols is 1. The van der Waals surface area contributed by atoms with Crippen molar-refractivity contribution in [3.63, 3.8) is 0 Å². The molecule has 2 heterocycles. The molecule has 0 unspecified atom stereocenters. The maximum atomic E-state index is 13.9. The van der Waals surface area contributed by atoms with Crippen LogP contribution in [0, 0.1) is 5.82 Å². The number of methoxy groups -OCH3 is 1. The number of nitrogens with zero attached hydrogens (tertiary/aromatic N) is 4. The number of fused-ring (bicyclic) bond motifs is 1. The van der Waals surface area contributed by atoms with Crippen molar-refractivity contribution in [2.24, 2.45) is 0 Å². The van der Waals surface area contributed by atoms with Gasteiger partial charge in [-0.3, -0.25) is 9.59 Å². The fourth-order valence-corrected chi connectivity index (χ4v) is 5.48. The Hall–Kier alpha value is -4.64. The van der Waals surface area contributed by atoms with E-state index in [1.54, 1.807) is 48.3 Å². The highest BCUT2D eigenvalue weighted by atomic mass is 19.1. The zero-order valence-electron chi connectivity index (χ0n) is 23.6. The monoisotopic (exact) mass is 575 g/mol. The molecule has 2 fully saturated rings. The molecule has 11 heteroatoms. The normalized spacial score (nSPS) is 19.1. The fourth-order valence-electron chi connectivity index (χ4n) is 5.48. The second-order valence-corrected chi connectivity index (χ2v) is 10.5. The molecule has 2 atom stereocenters. The van der Waals surface area contributed by atoms with E-state index in [1.165, 1.54) is 34.2 Å². The average molecular weight is 576 g/mol. The SMILES string of the molecule is COc1ccc(CNC(=O)N2[C@H]3CN(CCc4ccc(F)cc4)C(=O)[C@H](Cc4ccc(O)cc4)N3C(=O)CN2C)cc1. The molecule has 0 aliphatic carbocycles. The molecule has 5 rings (SSSR count). The van der Waals surface area contributed by atoms with Crippen LogP contribution in [0.4, 0.5) is 9.18 Å². The number of nitrogens with one attached hydrogen (secondary N) is 1. The fraction of sp³-hybridized carbons (Fsp3) is 0.323. The van der Waals surface area contributed by atoms with Crippen LogP contribution in [0.2, 0.25) is 0 Å². The summed E-state index contributed by atoms with van der Waals surface area (Å²) in [5, 5.41) is 15.8. The Kier molecular flexibility index (Phi) is 8.58. The summed E-state index contributed by atoms with van der Waals surface area (Å²) in [6, 6.07) is 18.7. The molecule has 10 nitrogen and oxygen atoms in total. The van der Waals surface area contributed by atoms with Crippen LogP contribution in [-0.4, -0.2) is 88.8 Å². The maximum Gasteiger partial charge on any atom is 0.334 e. The first-order chi connectivity index (χ1) is 20.2.